The number of aromatic nitrogens is 1. The Kier molecular flexibility index (Phi) is 5.13. The number of carbonyl (C=O) groups is 2. The lowest BCUT2D eigenvalue weighted by Crippen LogP contribution is -2.46. The topological polar surface area (TPSA) is 74.9 Å². The Labute approximate surface area is 158 Å². The number of fused-ring (bicyclic) bond motifs is 3. The molecule has 0 aliphatic carbocycles. The third kappa shape index (κ3) is 3.57. The fourth-order valence-corrected chi connectivity index (χ4v) is 4.05. The van der Waals surface area contributed by atoms with Gasteiger partial charge < -0.3 is 19.4 Å². The first-order valence-corrected chi connectivity index (χ1v) is 9.42. The lowest BCUT2D eigenvalue weighted by Gasteiger charge is -2.30. The molecule has 1 amide bonds. The Balaban J connectivity index is 1.59. The molecule has 7 nitrogen and oxygen atoms in total. The van der Waals surface area contributed by atoms with Crippen molar-refractivity contribution in [3.63, 3.8) is 0 Å². The molecule has 1 atom stereocenters. The fraction of sp³-hybridized carbons (Fsp3) is 0.500. The normalized spacial score (nSPS) is 20.9. The van der Waals surface area contributed by atoms with Crippen LogP contribution in [0.3, 0.4) is 0 Å². The largest absolute Gasteiger partial charge is 0.468 e. The zero-order valence-electron chi connectivity index (χ0n) is 15.6. The summed E-state index contributed by atoms with van der Waals surface area (Å²) in [6.45, 7) is 4.17. The van der Waals surface area contributed by atoms with E-state index in [1.807, 2.05) is 18.2 Å². The molecule has 0 spiro atoms. The summed E-state index contributed by atoms with van der Waals surface area (Å²) in [6.07, 6.45) is 0.724. The maximum atomic E-state index is 12.9. The van der Waals surface area contributed by atoms with E-state index in [9.17, 15) is 9.59 Å². The zero-order chi connectivity index (χ0) is 18.8. The van der Waals surface area contributed by atoms with Gasteiger partial charge >= 0.3 is 5.97 Å². The average Bonchev–Trinajstić information content (AvgIpc) is 2.95. The number of H-pyrrole nitrogens is 1. The minimum Gasteiger partial charge on any atom is -0.468 e. The summed E-state index contributed by atoms with van der Waals surface area (Å²) in [6, 6.07) is 8.04. The fourth-order valence-electron chi connectivity index (χ4n) is 4.05. The van der Waals surface area contributed by atoms with Crippen LogP contribution in [0.1, 0.15) is 17.2 Å². The van der Waals surface area contributed by atoms with Gasteiger partial charge in [0.15, 0.2) is 0 Å². The third-order valence-electron chi connectivity index (χ3n) is 5.53. The summed E-state index contributed by atoms with van der Waals surface area (Å²) < 4.78 is 10.4. The Morgan fingerprint density at radius 3 is 2.78 bits per heavy atom. The van der Waals surface area contributed by atoms with Crippen LogP contribution >= 0.6 is 0 Å². The number of aromatic amines is 1. The van der Waals surface area contributed by atoms with E-state index in [1.165, 1.54) is 7.11 Å². The molecule has 1 fully saturated rings. The second-order valence-corrected chi connectivity index (χ2v) is 7.12. The van der Waals surface area contributed by atoms with Crippen LogP contribution in [0, 0.1) is 0 Å². The first kappa shape index (κ1) is 18.0. The monoisotopic (exact) mass is 371 g/mol. The van der Waals surface area contributed by atoms with Crippen molar-refractivity contribution < 1.29 is 19.1 Å². The molecule has 1 aromatic carbocycles. The van der Waals surface area contributed by atoms with Gasteiger partial charge in [-0.3, -0.25) is 14.5 Å². The van der Waals surface area contributed by atoms with Crippen molar-refractivity contribution in [2.75, 3.05) is 53.0 Å². The minimum absolute atomic E-state index is 0.0558. The molecule has 1 aromatic heterocycles. The first-order valence-electron chi connectivity index (χ1n) is 9.42. The van der Waals surface area contributed by atoms with Gasteiger partial charge in [0.25, 0.3) is 0 Å². The predicted octanol–water partition coefficient (Wildman–Crippen LogP) is 1.14. The van der Waals surface area contributed by atoms with Crippen molar-refractivity contribution in [1.82, 2.24) is 14.8 Å². The van der Waals surface area contributed by atoms with E-state index in [0.29, 0.717) is 32.8 Å². The number of ether oxygens (including phenoxy) is 2. The van der Waals surface area contributed by atoms with Gasteiger partial charge in [0.1, 0.15) is 5.92 Å². The van der Waals surface area contributed by atoms with Gasteiger partial charge in [0.05, 0.1) is 26.9 Å². The number of benzene rings is 1. The second kappa shape index (κ2) is 7.70. The molecule has 27 heavy (non-hydrogen) atoms. The van der Waals surface area contributed by atoms with Gasteiger partial charge in [-0.1, -0.05) is 18.2 Å². The molecule has 7 heteroatoms. The molecule has 2 aliphatic heterocycles. The second-order valence-electron chi connectivity index (χ2n) is 7.12. The Hall–Kier alpha value is -2.38. The van der Waals surface area contributed by atoms with Gasteiger partial charge in [-0.25, -0.2) is 0 Å². The minimum atomic E-state index is -0.492. The molecule has 0 radical (unpaired) electrons. The van der Waals surface area contributed by atoms with Crippen molar-refractivity contribution in [2.24, 2.45) is 0 Å². The van der Waals surface area contributed by atoms with Crippen LogP contribution in [0.2, 0.25) is 0 Å². The average molecular weight is 371 g/mol. The molecular formula is C20H25N3O4. The van der Waals surface area contributed by atoms with E-state index >= 15 is 0 Å². The number of methoxy groups -OCH3 is 1. The quantitative estimate of drug-likeness (QED) is 0.819. The number of nitrogens with zero attached hydrogens (tertiary/aromatic N) is 2. The van der Waals surface area contributed by atoms with Gasteiger partial charge in [-0.15, -0.1) is 0 Å². The van der Waals surface area contributed by atoms with E-state index in [1.54, 1.807) is 4.90 Å². The highest BCUT2D eigenvalue weighted by Gasteiger charge is 2.34. The van der Waals surface area contributed by atoms with Crippen LogP contribution in [0.15, 0.2) is 24.3 Å². The maximum absolute atomic E-state index is 12.9. The summed E-state index contributed by atoms with van der Waals surface area (Å²) in [5.41, 5.74) is 3.01. The van der Waals surface area contributed by atoms with Crippen molar-refractivity contribution in [1.29, 1.82) is 0 Å². The predicted molar refractivity (Wildman–Crippen MR) is 101 cm³/mol. The third-order valence-corrected chi connectivity index (χ3v) is 5.53. The van der Waals surface area contributed by atoms with Crippen LogP contribution < -0.4 is 0 Å². The van der Waals surface area contributed by atoms with Crippen LogP contribution in [-0.4, -0.2) is 79.7 Å². The first-order chi connectivity index (χ1) is 13.2. The standard InChI is InChI=1S/C20H25N3O4/c1-26-20(25)16-12-23(18(24)13-22-8-10-27-11-9-22)7-6-15-14-4-2-3-5-17(14)21-19(15)16/h2-5,16,21H,6-13H2,1H3. The molecule has 2 aliphatic rings. The number of rotatable bonds is 3. The molecular weight excluding hydrogens is 346 g/mol. The number of carbonyl (C=O) groups excluding carboxylic acids is 2. The van der Waals surface area contributed by atoms with Crippen molar-refractivity contribution >= 4 is 22.8 Å². The zero-order valence-corrected chi connectivity index (χ0v) is 15.6. The summed E-state index contributed by atoms with van der Waals surface area (Å²) in [5, 5.41) is 1.11. The van der Waals surface area contributed by atoms with Crippen molar-refractivity contribution in [2.45, 2.75) is 12.3 Å². The van der Waals surface area contributed by atoms with Crippen molar-refractivity contribution in [3.8, 4) is 0 Å². The summed E-state index contributed by atoms with van der Waals surface area (Å²) >= 11 is 0. The van der Waals surface area contributed by atoms with Crippen LogP contribution in [0.25, 0.3) is 10.9 Å². The molecule has 0 saturated carbocycles. The maximum Gasteiger partial charge on any atom is 0.316 e. The molecule has 1 N–H and O–H groups in total. The number of para-hydroxylation sites is 1. The van der Waals surface area contributed by atoms with E-state index in [-0.39, 0.29) is 11.9 Å². The molecule has 4 rings (SSSR count). The van der Waals surface area contributed by atoms with E-state index in [4.69, 9.17) is 9.47 Å². The van der Waals surface area contributed by atoms with E-state index in [0.717, 1.165) is 41.7 Å². The van der Waals surface area contributed by atoms with Gasteiger partial charge in [0, 0.05) is 42.8 Å². The number of morpholine rings is 1. The highest BCUT2D eigenvalue weighted by molar-refractivity contribution is 5.89. The van der Waals surface area contributed by atoms with Gasteiger partial charge in [-0.2, -0.15) is 0 Å². The molecule has 0 bridgehead atoms. The number of hydrogen-bond acceptors (Lipinski definition) is 5. The Morgan fingerprint density at radius 1 is 1.22 bits per heavy atom. The molecule has 1 unspecified atom stereocenters. The smallest absolute Gasteiger partial charge is 0.316 e. The van der Waals surface area contributed by atoms with Crippen LogP contribution in [0.4, 0.5) is 0 Å². The molecule has 3 heterocycles. The van der Waals surface area contributed by atoms with E-state index < -0.39 is 5.92 Å². The highest BCUT2D eigenvalue weighted by atomic mass is 16.5. The number of hydrogen-bond donors (Lipinski definition) is 1. The lowest BCUT2D eigenvalue weighted by molar-refractivity contribution is -0.144. The SMILES string of the molecule is COC(=O)C1CN(C(=O)CN2CCOCC2)CCc2c1[nH]c1ccccc21. The lowest BCUT2D eigenvalue weighted by atomic mass is 10.00. The summed E-state index contributed by atoms with van der Waals surface area (Å²) in [5.74, 6) is -0.748. The van der Waals surface area contributed by atoms with E-state index in [2.05, 4.69) is 16.0 Å². The van der Waals surface area contributed by atoms with Gasteiger partial charge in [-0.05, 0) is 18.1 Å². The van der Waals surface area contributed by atoms with Crippen LogP contribution in [0.5, 0.6) is 0 Å². The summed E-state index contributed by atoms with van der Waals surface area (Å²) in [7, 11) is 1.40. The van der Waals surface area contributed by atoms with Gasteiger partial charge in [0.2, 0.25) is 5.91 Å². The summed E-state index contributed by atoms with van der Waals surface area (Å²) in [4.78, 5) is 32.7. The Morgan fingerprint density at radius 2 is 2.00 bits per heavy atom. The number of esters is 1. The van der Waals surface area contributed by atoms with Crippen molar-refractivity contribution in [3.05, 3.63) is 35.5 Å². The molecule has 1 saturated heterocycles. The van der Waals surface area contributed by atoms with Crippen LogP contribution in [-0.2, 0) is 25.5 Å². The number of nitrogens with one attached hydrogen (secondary N) is 1. The highest BCUT2D eigenvalue weighted by Crippen LogP contribution is 2.32. The number of amides is 1. The molecule has 144 valence electrons. The Bertz CT molecular complexity index is 841. The molecule has 2 aromatic rings.